The normalized spacial score (nSPS) is 18.8. The standard InChI is InChI=1S/C15H16N2/c16-13-7-4-8-15-12(13)9-10-14(17-15)11-5-2-1-3-6-11/h1-3,5-6,9-10,13H,4,7-8,16H2. The van der Waals surface area contributed by atoms with E-state index in [0.29, 0.717) is 0 Å². The van der Waals surface area contributed by atoms with Gasteiger partial charge in [0.15, 0.2) is 0 Å². The van der Waals surface area contributed by atoms with E-state index in [-0.39, 0.29) is 6.04 Å². The zero-order valence-corrected chi connectivity index (χ0v) is 9.76. The van der Waals surface area contributed by atoms with E-state index in [1.54, 1.807) is 0 Å². The van der Waals surface area contributed by atoms with Crippen LogP contribution in [0.5, 0.6) is 0 Å². The maximum absolute atomic E-state index is 6.10. The lowest BCUT2D eigenvalue weighted by Crippen LogP contribution is -2.18. The van der Waals surface area contributed by atoms with Crippen LogP contribution in [0.1, 0.15) is 30.1 Å². The Morgan fingerprint density at radius 2 is 1.88 bits per heavy atom. The molecule has 0 amide bonds. The number of benzene rings is 1. The summed E-state index contributed by atoms with van der Waals surface area (Å²) in [6, 6.07) is 14.7. The Labute approximate surface area is 102 Å². The fraction of sp³-hybridized carbons (Fsp3) is 0.267. The van der Waals surface area contributed by atoms with Crippen LogP contribution in [0.25, 0.3) is 11.3 Å². The van der Waals surface area contributed by atoms with Crippen LogP contribution in [0.4, 0.5) is 0 Å². The summed E-state index contributed by atoms with van der Waals surface area (Å²) >= 11 is 0. The van der Waals surface area contributed by atoms with Crippen LogP contribution >= 0.6 is 0 Å². The van der Waals surface area contributed by atoms with Gasteiger partial charge in [0.25, 0.3) is 0 Å². The van der Waals surface area contributed by atoms with Gasteiger partial charge in [-0.25, -0.2) is 0 Å². The van der Waals surface area contributed by atoms with Crippen molar-refractivity contribution >= 4 is 0 Å². The molecule has 2 N–H and O–H groups in total. The zero-order valence-electron chi connectivity index (χ0n) is 9.76. The summed E-state index contributed by atoms with van der Waals surface area (Å²) in [5.74, 6) is 0. The van der Waals surface area contributed by atoms with Gasteiger partial charge in [0.05, 0.1) is 5.69 Å². The molecule has 0 saturated heterocycles. The average molecular weight is 224 g/mol. The van der Waals surface area contributed by atoms with Gasteiger partial charge in [-0.1, -0.05) is 36.4 Å². The quantitative estimate of drug-likeness (QED) is 0.808. The molecular weight excluding hydrogens is 208 g/mol. The minimum Gasteiger partial charge on any atom is -0.324 e. The first kappa shape index (κ1) is 10.5. The van der Waals surface area contributed by atoms with Crippen molar-refractivity contribution in [2.24, 2.45) is 5.73 Å². The summed E-state index contributed by atoms with van der Waals surface area (Å²) in [7, 11) is 0. The highest BCUT2D eigenvalue weighted by atomic mass is 14.8. The van der Waals surface area contributed by atoms with Gasteiger partial charge in [0, 0.05) is 17.3 Å². The number of nitrogens with two attached hydrogens (primary N) is 1. The molecule has 1 aliphatic carbocycles. The molecule has 2 aromatic rings. The van der Waals surface area contributed by atoms with E-state index in [0.717, 1.165) is 25.0 Å². The van der Waals surface area contributed by atoms with E-state index in [4.69, 9.17) is 10.7 Å². The third-order valence-corrected chi connectivity index (χ3v) is 3.41. The first-order chi connectivity index (χ1) is 8.34. The highest BCUT2D eigenvalue weighted by molar-refractivity contribution is 5.59. The molecule has 1 heterocycles. The lowest BCUT2D eigenvalue weighted by molar-refractivity contribution is 0.560. The van der Waals surface area contributed by atoms with Crippen molar-refractivity contribution in [3.8, 4) is 11.3 Å². The summed E-state index contributed by atoms with van der Waals surface area (Å²) in [6.45, 7) is 0. The van der Waals surface area contributed by atoms with Crippen LogP contribution in [-0.4, -0.2) is 4.98 Å². The van der Waals surface area contributed by atoms with E-state index in [1.807, 2.05) is 18.2 Å². The van der Waals surface area contributed by atoms with Crippen molar-refractivity contribution in [3.05, 3.63) is 53.7 Å². The molecule has 17 heavy (non-hydrogen) atoms. The Morgan fingerprint density at radius 1 is 1.06 bits per heavy atom. The van der Waals surface area contributed by atoms with Crippen LogP contribution in [-0.2, 0) is 6.42 Å². The van der Waals surface area contributed by atoms with Gasteiger partial charge in [-0.3, -0.25) is 4.98 Å². The molecule has 1 aromatic carbocycles. The van der Waals surface area contributed by atoms with Gasteiger partial charge in [-0.05, 0) is 30.9 Å². The van der Waals surface area contributed by atoms with E-state index in [2.05, 4.69) is 24.3 Å². The summed E-state index contributed by atoms with van der Waals surface area (Å²) < 4.78 is 0. The van der Waals surface area contributed by atoms with Crippen molar-refractivity contribution in [1.29, 1.82) is 0 Å². The van der Waals surface area contributed by atoms with Gasteiger partial charge >= 0.3 is 0 Å². The number of fused-ring (bicyclic) bond motifs is 1. The first-order valence-corrected chi connectivity index (χ1v) is 6.15. The topological polar surface area (TPSA) is 38.9 Å². The van der Waals surface area contributed by atoms with Gasteiger partial charge in [-0.15, -0.1) is 0 Å². The minimum absolute atomic E-state index is 0.177. The number of rotatable bonds is 1. The molecule has 0 bridgehead atoms. The molecule has 0 aliphatic heterocycles. The fourth-order valence-electron chi connectivity index (χ4n) is 2.46. The van der Waals surface area contributed by atoms with Gasteiger partial charge < -0.3 is 5.73 Å². The van der Waals surface area contributed by atoms with Crippen molar-refractivity contribution < 1.29 is 0 Å². The predicted molar refractivity (Wildman–Crippen MR) is 69.5 cm³/mol. The highest BCUT2D eigenvalue weighted by Crippen LogP contribution is 2.28. The maximum Gasteiger partial charge on any atom is 0.0705 e. The smallest absolute Gasteiger partial charge is 0.0705 e. The average Bonchev–Trinajstić information content (AvgIpc) is 2.40. The molecule has 86 valence electrons. The van der Waals surface area contributed by atoms with Crippen molar-refractivity contribution in [2.75, 3.05) is 0 Å². The lowest BCUT2D eigenvalue weighted by atomic mass is 9.91. The van der Waals surface area contributed by atoms with E-state index >= 15 is 0 Å². The molecule has 1 aliphatic rings. The summed E-state index contributed by atoms with van der Waals surface area (Å²) in [4.78, 5) is 4.75. The van der Waals surface area contributed by atoms with E-state index < -0.39 is 0 Å². The molecule has 0 fully saturated rings. The molecule has 3 rings (SSSR count). The molecule has 2 heteroatoms. The number of nitrogens with zero attached hydrogens (tertiary/aromatic N) is 1. The lowest BCUT2D eigenvalue weighted by Gasteiger charge is -2.21. The first-order valence-electron chi connectivity index (χ1n) is 6.15. The number of aryl methyl sites for hydroxylation is 1. The van der Waals surface area contributed by atoms with Crippen LogP contribution in [0.3, 0.4) is 0 Å². The molecule has 0 saturated carbocycles. The number of hydrogen-bond acceptors (Lipinski definition) is 2. The van der Waals surface area contributed by atoms with Crippen LogP contribution < -0.4 is 5.73 Å². The van der Waals surface area contributed by atoms with Crippen LogP contribution in [0, 0.1) is 0 Å². The Bertz CT molecular complexity index is 520. The van der Waals surface area contributed by atoms with Crippen molar-refractivity contribution in [1.82, 2.24) is 4.98 Å². The molecular formula is C15H16N2. The largest absolute Gasteiger partial charge is 0.324 e. The van der Waals surface area contributed by atoms with Gasteiger partial charge in [-0.2, -0.15) is 0 Å². The van der Waals surface area contributed by atoms with Crippen LogP contribution in [0.2, 0.25) is 0 Å². The second kappa shape index (κ2) is 4.30. The molecule has 0 radical (unpaired) electrons. The molecule has 1 aromatic heterocycles. The molecule has 0 spiro atoms. The molecule has 1 unspecified atom stereocenters. The Balaban J connectivity index is 2.04. The van der Waals surface area contributed by atoms with Crippen LogP contribution in [0.15, 0.2) is 42.5 Å². The van der Waals surface area contributed by atoms with Crippen molar-refractivity contribution in [2.45, 2.75) is 25.3 Å². The predicted octanol–water partition coefficient (Wildman–Crippen LogP) is 3.08. The van der Waals surface area contributed by atoms with Gasteiger partial charge in [0.1, 0.15) is 0 Å². The fourth-order valence-corrected chi connectivity index (χ4v) is 2.46. The highest BCUT2D eigenvalue weighted by Gasteiger charge is 2.18. The summed E-state index contributed by atoms with van der Waals surface area (Å²) in [5.41, 5.74) is 10.7. The van der Waals surface area contributed by atoms with Crippen molar-refractivity contribution in [3.63, 3.8) is 0 Å². The number of aromatic nitrogens is 1. The minimum atomic E-state index is 0.177. The summed E-state index contributed by atoms with van der Waals surface area (Å²) in [6.07, 6.45) is 3.29. The van der Waals surface area contributed by atoms with E-state index in [9.17, 15) is 0 Å². The second-order valence-electron chi connectivity index (χ2n) is 4.60. The van der Waals surface area contributed by atoms with E-state index in [1.165, 1.54) is 16.8 Å². The molecule has 1 atom stereocenters. The third kappa shape index (κ3) is 1.96. The summed E-state index contributed by atoms with van der Waals surface area (Å²) in [5, 5.41) is 0. The number of pyridine rings is 1. The Kier molecular flexibility index (Phi) is 2.65. The molecule has 2 nitrogen and oxygen atoms in total. The second-order valence-corrected chi connectivity index (χ2v) is 4.60. The zero-order chi connectivity index (χ0) is 11.7. The van der Waals surface area contributed by atoms with Gasteiger partial charge in [0.2, 0.25) is 0 Å². The maximum atomic E-state index is 6.10. The SMILES string of the molecule is NC1CCCc2nc(-c3ccccc3)ccc21. The third-order valence-electron chi connectivity index (χ3n) is 3.41. The Morgan fingerprint density at radius 3 is 2.71 bits per heavy atom. The monoisotopic (exact) mass is 224 g/mol. The number of hydrogen-bond donors (Lipinski definition) is 1. The Hall–Kier alpha value is -1.67.